The Bertz CT molecular complexity index is 687. The number of piperidine rings is 1. The van der Waals surface area contributed by atoms with E-state index in [-0.39, 0.29) is 0 Å². The van der Waals surface area contributed by atoms with Crippen LogP contribution in [0.5, 0.6) is 0 Å². The maximum atomic E-state index is 5.98. The first-order valence-electron chi connectivity index (χ1n) is 9.19. The van der Waals surface area contributed by atoms with Gasteiger partial charge in [-0.25, -0.2) is 0 Å². The molecule has 1 aromatic carbocycles. The van der Waals surface area contributed by atoms with E-state index in [1.165, 1.54) is 42.4 Å². The summed E-state index contributed by atoms with van der Waals surface area (Å²) in [4.78, 5) is 11.8. The Labute approximate surface area is 144 Å². The van der Waals surface area contributed by atoms with Crippen LogP contribution in [0.25, 0.3) is 11.3 Å². The predicted molar refractivity (Wildman–Crippen MR) is 96.6 cm³/mol. The first kappa shape index (κ1) is 15.7. The molecule has 4 nitrogen and oxygen atoms in total. The first-order chi connectivity index (χ1) is 11.8. The molecule has 1 fully saturated rings. The summed E-state index contributed by atoms with van der Waals surface area (Å²) in [6.07, 6.45) is 11.0. The molecule has 0 amide bonds. The molecule has 1 saturated heterocycles. The van der Waals surface area contributed by atoms with Crippen molar-refractivity contribution in [3.8, 4) is 11.3 Å². The first-order valence-corrected chi connectivity index (χ1v) is 9.19. The van der Waals surface area contributed by atoms with Crippen molar-refractivity contribution in [3.63, 3.8) is 0 Å². The molecule has 2 N–H and O–H groups in total. The number of benzene rings is 1. The minimum Gasteiger partial charge on any atom is -0.328 e. The summed E-state index contributed by atoms with van der Waals surface area (Å²) < 4.78 is 0. The van der Waals surface area contributed by atoms with Crippen LogP contribution >= 0.6 is 0 Å². The minimum atomic E-state index is 0.374. The SMILES string of the molecule is NC1CCN(Cc2cnc(-c3cccc4c3CCCC4)cn2)CC1. The molecule has 0 radical (unpaired) electrons. The van der Waals surface area contributed by atoms with Crippen molar-refractivity contribution < 1.29 is 0 Å². The zero-order chi connectivity index (χ0) is 16.4. The van der Waals surface area contributed by atoms with E-state index >= 15 is 0 Å². The average Bonchev–Trinajstić information content (AvgIpc) is 2.64. The summed E-state index contributed by atoms with van der Waals surface area (Å²) in [6.45, 7) is 3.01. The quantitative estimate of drug-likeness (QED) is 0.944. The summed E-state index contributed by atoms with van der Waals surface area (Å²) in [5.74, 6) is 0. The lowest BCUT2D eigenvalue weighted by molar-refractivity contribution is 0.203. The van der Waals surface area contributed by atoms with Gasteiger partial charge in [0, 0.05) is 31.2 Å². The average molecular weight is 322 g/mol. The molecule has 0 unspecified atom stereocenters. The highest BCUT2D eigenvalue weighted by Gasteiger charge is 2.17. The second-order valence-electron chi connectivity index (χ2n) is 7.16. The van der Waals surface area contributed by atoms with Crippen LogP contribution in [-0.2, 0) is 19.4 Å². The molecule has 0 bridgehead atoms. The molecule has 4 heteroatoms. The number of nitrogens with zero attached hydrogens (tertiary/aromatic N) is 3. The van der Waals surface area contributed by atoms with E-state index in [2.05, 4.69) is 28.1 Å². The molecule has 0 spiro atoms. The fourth-order valence-electron chi connectivity index (χ4n) is 3.94. The van der Waals surface area contributed by atoms with Gasteiger partial charge in [0.2, 0.25) is 0 Å². The van der Waals surface area contributed by atoms with Gasteiger partial charge in [-0.05, 0) is 49.7 Å². The summed E-state index contributed by atoms with van der Waals surface area (Å²) in [6, 6.07) is 6.99. The number of aromatic nitrogens is 2. The van der Waals surface area contributed by atoms with Crippen molar-refractivity contribution in [1.29, 1.82) is 0 Å². The van der Waals surface area contributed by atoms with E-state index in [1.807, 2.05) is 12.4 Å². The highest BCUT2D eigenvalue weighted by atomic mass is 15.1. The number of rotatable bonds is 3. The molecule has 0 atom stereocenters. The summed E-state index contributed by atoms with van der Waals surface area (Å²) in [5, 5.41) is 0. The highest BCUT2D eigenvalue weighted by molar-refractivity contribution is 5.65. The second kappa shape index (κ2) is 6.99. The Hall–Kier alpha value is -1.78. The van der Waals surface area contributed by atoms with Crippen molar-refractivity contribution in [2.45, 2.75) is 51.1 Å². The van der Waals surface area contributed by atoms with Crippen LogP contribution in [0.3, 0.4) is 0 Å². The zero-order valence-corrected chi connectivity index (χ0v) is 14.2. The molecule has 1 aromatic heterocycles. The van der Waals surface area contributed by atoms with Gasteiger partial charge >= 0.3 is 0 Å². The Morgan fingerprint density at radius 1 is 1.04 bits per heavy atom. The van der Waals surface area contributed by atoms with Gasteiger partial charge < -0.3 is 5.73 Å². The van der Waals surface area contributed by atoms with Crippen LogP contribution in [0.1, 0.15) is 42.5 Å². The van der Waals surface area contributed by atoms with Crippen LogP contribution in [0.2, 0.25) is 0 Å². The van der Waals surface area contributed by atoms with Crippen LogP contribution in [-0.4, -0.2) is 34.0 Å². The lowest BCUT2D eigenvalue weighted by atomic mass is 9.87. The summed E-state index contributed by atoms with van der Waals surface area (Å²) >= 11 is 0. The predicted octanol–water partition coefficient (Wildman–Crippen LogP) is 2.95. The lowest BCUT2D eigenvalue weighted by Gasteiger charge is -2.29. The molecular weight excluding hydrogens is 296 g/mol. The molecule has 1 aliphatic heterocycles. The normalized spacial score (nSPS) is 19.2. The minimum absolute atomic E-state index is 0.374. The number of hydrogen-bond donors (Lipinski definition) is 1. The Balaban J connectivity index is 1.50. The fraction of sp³-hybridized carbons (Fsp3) is 0.500. The van der Waals surface area contributed by atoms with Crippen LogP contribution in [0.15, 0.2) is 30.6 Å². The molecule has 1 aliphatic carbocycles. The third kappa shape index (κ3) is 3.35. The number of aryl methyl sites for hydroxylation is 1. The molecule has 0 saturated carbocycles. The standard InChI is InChI=1S/C20H26N4/c21-16-8-10-24(11-9-16)14-17-12-23-20(13-22-17)19-7-3-5-15-4-1-2-6-18(15)19/h3,5,7,12-13,16H,1-2,4,6,8-11,14,21H2. The zero-order valence-electron chi connectivity index (χ0n) is 14.2. The topological polar surface area (TPSA) is 55.0 Å². The van der Waals surface area contributed by atoms with Crippen molar-refractivity contribution in [3.05, 3.63) is 47.4 Å². The number of hydrogen-bond acceptors (Lipinski definition) is 4. The van der Waals surface area contributed by atoms with Crippen LogP contribution < -0.4 is 5.73 Å². The van der Waals surface area contributed by atoms with E-state index in [0.717, 1.165) is 43.9 Å². The maximum absolute atomic E-state index is 5.98. The summed E-state index contributed by atoms with van der Waals surface area (Å²) in [5.41, 5.74) is 12.3. The van der Waals surface area contributed by atoms with Crippen molar-refractivity contribution in [2.24, 2.45) is 5.73 Å². The molecular formula is C20H26N4. The van der Waals surface area contributed by atoms with Crippen molar-refractivity contribution in [1.82, 2.24) is 14.9 Å². The van der Waals surface area contributed by atoms with E-state index in [0.29, 0.717) is 6.04 Å². The van der Waals surface area contributed by atoms with Gasteiger partial charge in [-0.1, -0.05) is 18.2 Å². The van der Waals surface area contributed by atoms with Gasteiger partial charge in [-0.15, -0.1) is 0 Å². The summed E-state index contributed by atoms with van der Waals surface area (Å²) in [7, 11) is 0. The molecule has 2 heterocycles. The van der Waals surface area contributed by atoms with E-state index < -0.39 is 0 Å². The highest BCUT2D eigenvalue weighted by Crippen LogP contribution is 2.30. The second-order valence-corrected chi connectivity index (χ2v) is 7.16. The lowest BCUT2D eigenvalue weighted by Crippen LogP contribution is -2.39. The largest absolute Gasteiger partial charge is 0.328 e. The van der Waals surface area contributed by atoms with Crippen LogP contribution in [0, 0.1) is 0 Å². The van der Waals surface area contributed by atoms with Crippen molar-refractivity contribution in [2.75, 3.05) is 13.1 Å². The van der Waals surface area contributed by atoms with Gasteiger partial charge in [0.25, 0.3) is 0 Å². The molecule has 2 aromatic rings. The molecule has 4 rings (SSSR count). The van der Waals surface area contributed by atoms with Gasteiger partial charge in [0.15, 0.2) is 0 Å². The third-order valence-corrected chi connectivity index (χ3v) is 5.40. The Kier molecular flexibility index (Phi) is 4.58. The van der Waals surface area contributed by atoms with E-state index in [4.69, 9.17) is 10.7 Å². The number of nitrogens with two attached hydrogens (primary N) is 1. The van der Waals surface area contributed by atoms with E-state index in [1.54, 1.807) is 0 Å². The molecule has 126 valence electrons. The van der Waals surface area contributed by atoms with Gasteiger partial charge in [0.05, 0.1) is 23.8 Å². The van der Waals surface area contributed by atoms with Gasteiger partial charge in [-0.2, -0.15) is 0 Å². The Morgan fingerprint density at radius 3 is 2.67 bits per heavy atom. The fourth-order valence-corrected chi connectivity index (χ4v) is 3.94. The Morgan fingerprint density at radius 2 is 1.88 bits per heavy atom. The third-order valence-electron chi connectivity index (χ3n) is 5.40. The smallest absolute Gasteiger partial charge is 0.0888 e. The molecule has 2 aliphatic rings. The number of fused-ring (bicyclic) bond motifs is 1. The number of likely N-dealkylation sites (tertiary alicyclic amines) is 1. The van der Waals surface area contributed by atoms with Gasteiger partial charge in [-0.3, -0.25) is 14.9 Å². The molecule has 24 heavy (non-hydrogen) atoms. The van der Waals surface area contributed by atoms with Crippen LogP contribution in [0.4, 0.5) is 0 Å². The van der Waals surface area contributed by atoms with Gasteiger partial charge in [0.1, 0.15) is 0 Å². The van der Waals surface area contributed by atoms with Crippen molar-refractivity contribution >= 4 is 0 Å². The monoisotopic (exact) mass is 322 g/mol. The maximum Gasteiger partial charge on any atom is 0.0888 e. The van der Waals surface area contributed by atoms with E-state index in [9.17, 15) is 0 Å².